The number of hydrogen-bond donors (Lipinski definition) is 1. The summed E-state index contributed by atoms with van der Waals surface area (Å²) in [5, 5.41) is 3.69. The Kier molecular flexibility index (Phi) is 5.94. The molecule has 0 fully saturated rings. The highest BCUT2D eigenvalue weighted by molar-refractivity contribution is 5.31. The van der Waals surface area contributed by atoms with Gasteiger partial charge in [-0.2, -0.15) is 0 Å². The Bertz CT molecular complexity index is 528. The standard InChI is InChI=1S/C19H26N2/c1-4-9-21-19(8-7-17-6-5-10-20-14-17)18-12-15(2)11-16(3)13-18/h5-6,10-14,19,21H,4,7-9H2,1-3H3. The summed E-state index contributed by atoms with van der Waals surface area (Å²) < 4.78 is 0. The molecule has 0 saturated heterocycles. The van der Waals surface area contributed by atoms with Gasteiger partial charge >= 0.3 is 0 Å². The molecule has 0 saturated carbocycles. The zero-order valence-electron chi connectivity index (χ0n) is 13.4. The Hall–Kier alpha value is -1.67. The van der Waals surface area contributed by atoms with E-state index in [-0.39, 0.29) is 0 Å². The van der Waals surface area contributed by atoms with E-state index in [0.717, 1.165) is 25.8 Å². The molecule has 1 atom stereocenters. The van der Waals surface area contributed by atoms with Crippen molar-refractivity contribution in [3.8, 4) is 0 Å². The second-order valence-corrected chi connectivity index (χ2v) is 5.83. The summed E-state index contributed by atoms with van der Waals surface area (Å²) in [5.74, 6) is 0. The summed E-state index contributed by atoms with van der Waals surface area (Å²) in [4.78, 5) is 4.21. The monoisotopic (exact) mass is 282 g/mol. The number of pyridine rings is 1. The molecule has 0 radical (unpaired) electrons. The van der Waals surface area contributed by atoms with Crippen molar-refractivity contribution in [2.45, 2.75) is 46.1 Å². The number of nitrogens with zero attached hydrogens (tertiary/aromatic N) is 1. The third-order valence-corrected chi connectivity index (χ3v) is 3.73. The van der Waals surface area contributed by atoms with Crippen LogP contribution in [0.2, 0.25) is 0 Å². The van der Waals surface area contributed by atoms with Crippen LogP contribution in [0, 0.1) is 13.8 Å². The van der Waals surface area contributed by atoms with E-state index < -0.39 is 0 Å². The second-order valence-electron chi connectivity index (χ2n) is 5.83. The number of hydrogen-bond acceptors (Lipinski definition) is 2. The quantitative estimate of drug-likeness (QED) is 0.815. The molecule has 0 aliphatic carbocycles. The van der Waals surface area contributed by atoms with E-state index in [4.69, 9.17) is 0 Å². The van der Waals surface area contributed by atoms with Gasteiger partial charge in [-0.15, -0.1) is 0 Å². The zero-order valence-corrected chi connectivity index (χ0v) is 13.4. The van der Waals surface area contributed by atoms with E-state index in [1.54, 1.807) is 0 Å². The Balaban J connectivity index is 2.10. The lowest BCUT2D eigenvalue weighted by atomic mass is 9.96. The van der Waals surface area contributed by atoms with Gasteiger partial charge in [0.25, 0.3) is 0 Å². The number of aromatic nitrogens is 1. The van der Waals surface area contributed by atoms with Crippen LogP contribution in [-0.2, 0) is 6.42 Å². The lowest BCUT2D eigenvalue weighted by molar-refractivity contribution is 0.498. The number of benzene rings is 1. The van der Waals surface area contributed by atoms with Crippen LogP contribution in [0.15, 0.2) is 42.7 Å². The van der Waals surface area contributed by atoms with Gasteiger partial charge in [0.1, 0.15) is 0 Å². The summed E-state index contributed by atoms with van der Waals surface area (Å²) in [6.07, 6.45) is 7.13. The summed E-state index contributed by atoms with van der Waals surface area (Å²) in [7, 11) is 0. The molecule has 2 aromatic rings. The molecule has 2 rings (SSSR count). The van der Waals surface area contributed by atoms with Crippen LogP contribution in [0.1, 0.15) is 48.1 Å². The Labute approximate surface area is 128 Å². The van der Waals surface area contributed by atoms with Gasteiger partial charge < -0.3 is 5.32 Å². The van der Waals surface area contributed by atoms with Crippen molar-refractivity contribution in [3.63, 3.8) is 0 Å². The topological polar surface area (TPSA) is 24.9 Å². The molecule has 112 valence electrons. The van der Waals surface area contributed by atoms with Gasteiger partial charge in [0.2, 0.25) is 0 Å². The minimum Gasteiger partial charge on any atom is -0.310 e. The first kappa shape index (κ1) is 15.7. The van der Waals surface area contributed by atoms with Gasteiger partial charge in [-0.3, -0.25) is 4.98 Å². The molecule has 0 spiro atoms. The summed E-state index contributed by atoms with van der Waals surface area (Å²) in [5.41, 5.74) is 5.40. The first-order chi connectivity index (χ1) is 10.2. The van der Waals surface area contributed by atoms with Crippen LogP contribution in [0.3, 0.4) is 0 Å². The smallest absolute Gasteiger partial charge is 0.0323 e. The average molecular weight is 282 g/mol. The summed E-state index contributed by atoms with van der Waals surface area (Å²) in [6, 6.07) is 11.4. The molecule has 21 heavy (non-hydrogen) atoms. The first-order valence-electron chi connectivity index (χ1n) is 7.89. The largest absolute Gasteiger partial charge is 0.310 e. The van der Waals surface area contributed by atoms with Crippen LogP contribution in [-0.4, -0.2) is 11.5 Å². The predicted molar refractivity (Wildman–Crippen MR) is 89.5 cm³/mol. The summed E-state index contributed by atoms with van der Waals surface area (Å²) in [6.45, 7) is 7.63. The van der Waals surface area contributed by atoms with Crippen LogP contribution in [0.5, 0.6) is 0 Å². The molecule has 1 heterocycles. The predicted octanol–water partition coefficient (Wildman–Crippen LogP) is 4.37. The molecule has 1 aromatic carbocycles. The fourth-order valence-electron chi connectivity index (χ4n) is 2.77. The molecule has 2 nitrogen and oxygen atoms in total. The SMILES string of the molecule is CCCNC(CCc1cccnc1)c1cc(C)cc(C)c1. The molecular formula is C19H26N2. The molecular weight excluding hydrogens is 256 g/mol. The van der Waals surface area contributed by atoms with E-state index in [1.165, 1.54) is 22.3 Å². The van der Waals surface area contributed by atoms with E-state index in [9.17, 15) is 0 Å². The van der Waals surface area contributed by atoms with Crippen molar-refractivity contribution in [1.29, 1.82) is 0 Å². The van der Waals surface area contributed by atoms with Gasteiger partial charge in [0.05, 0.1) is 0 Å². The molecule has 1 aromatic heterocycles. The van der Waals surface area contributed by atoms with Crippen molar-refractivity contribution in [1.82, 2.24) is 10.3 Å². The van der Waals surface area contributed by atoms with Gasteiger partial charge in [-0.25, -0.2) is 0 Å². The highest BCUT2D eigenvalue weighted by Gasteiger charge is 2.11. The summed E-state index contributed by atoms with van der Waals surface area (Å²) >= 11 is 0. The fraction of sp³-hybridized carbons (Fsp3) is 0.421. The molecule has 0 aliphatic rings. The molecule has 0 amide bonds. The third-order valence-electron chi connectivity index (χ3n) is 3.73. The van der Waals surface area contributed by atoms with Crippen molar-refractivity contribution in [2.75, 3.05) is 6.54 Å². The first-order valence-corrected chi connectivity index (χ1v) is 7.89. The Morgan fingerprint density at radius 3 is 2.52 bits per heavy atom. The highest BCUT2D eigenvalue weighted by Crippen LogP contribution is 2.22. The lowest BCUT2D eigenvalue weighted by Crippen LogP contribution is -2.23. The minimum atomic E-state index is 0.420. The Morgan fingerprint density at radius 1 is 1.14 bits per heavy atom. The van der Waals surface area contributed by atoms with E-state index in [1.807, 2.05) is 18.5 Å². The highest BCUT2D eigenvalue weighted by atomic mass is 14.9. The van der Waals surface area contributed by atoms with E-state index in [0.29, 0.717) is 6.04 Å². The zero-order chi connectivity index (χ0) is 15.1. The van der Waals surface area contributed by atoms with Gasteiger partial charge in [-0.05, 0) is 56.8 Å². The molecule has 0 bridgehead atoms. The maximum atomic E-state index is 4.21. The van der Waals surface area contributed by atoms with E-state index in [2.05, 4.69) is 55.3 Å². The fourth-order valence-corrected chi connectivity index (χ4v) is 2.77. The lowest BCUT2D eigenvalue weighted by Gasteiger charge is -2.20. The van der Waals surface area contributed by atoms with Gasteiger partial charge in [-0.1, -0.05) is 42.3 Å². The molecule has 2 heteroatoms. The van der Waals surface area contributed by atoms with Crippen LogP contribution in [0.25, 0.3) is 0 Å². The minimum absolute atomic E-state index is 0.420. The van der Waals surface area contributed by atoms with Crippen molar-refractivity contribution in [2.24, 2.45) is 0 Å². The number of aryl methyl sites for hydroxylation is 3. The van der Waals surface area contributed by atoms with Crippen molar-refractivity contribution < 1.29 is 0 Å². The van der Waals surface area contributed by atoms with Gasteiger partial charge in [0.15, 0.2) is 0 Å². The van der Waals surface area contributed by atoms with Gasteiger partial charge in [0, 0.05) is 18.4 Å². The average Bonchev–Trinajstić information content (AvgIpc) is 2.47. The molecule has 0 aliphatic heterocycles. The maximum absolute atomic E-state index is 4.21. The van der Waals surface area contributed by atoms with E-state index >= 15 is 0 Å². The Morgan fingerprint density at radius 2 is 1.90 bits per heavy atom. The number of rotatable bonds is 7. The van der Waals surface area contributed by atoms with Crippen LogP contribution >= 0.6 is 0 Å². The van der Waals surface area contributed by atoms with Crippen molar-refractivity contribution >= 4 is 0 Å². The van der Waals surface area contributed by atoms with Crippen LogP contribution < -0.4 is 5.32 Å². The molecule has 1 N–H and O–H groups in total. The van der Waals surface area contributed by atoms with Crippen LogP contribution in [0.4, 0.5) is 0 Å². The normalized spacial score (nSPS) is 12.3. The van der Waals surface area contributed by atoms with Crippen molar-refractivity contribution in [3.05, 3.63) is 65.0 Å². The molecule has 1 unspecified atom stereocenters. The third kappa shape index (κ3) is 4.98. The maximum Gasteiger partial charge on any atom is 0.0323 e. The number of nitrogens with one attached hydrogen (secondary N) is 1. The second kappa shape index (κ2) is 7.94.